The molecule has 1 aromatic heterocycles. The summed E-state index contributed by atoms with van der Waals surface area (Å²) in [6, 6.07) is 5.04. The number of hydrogen-bond donors (Lipinski definition) is 1. The molecule has 0 saturated carbocycles. The van der Waals surface area contributed by atoms with Crippen molar-refractivity contribution in [3.05, 3.63) is 56.3 Å². The van der Waals surface area contributed by atoms with Crippen molar-refractivity contribution >= 4 is 35.1 Å². The Balaban J connectivity index is 2.19. The van der Waals surface area contributed by atoms with Crippen LogP contribution in [-0.4, -0.2) is 23.5 Å². The van der Waals surface area contributed by atoms with Crippen molar-refractivity contribution in [2.24, 2.45) is 0 Å². The molecule has 2 rings (SSSR count). The van der Waals surface area contributed by atoms with E-state index in [0.29, 0.717) is 32.4 Å². The first-order valence-corrected chi connectivity index (χ1v) is 8.08. The summed E-state index contributed by atoms with van der Waals surface area (Å²) in [7, 11) is 0. The summed E-state index contributed by atoms with van der Waals surface area (Å²) in [4.78, 5) is 27.2. The lowest BCUT2D eigenvalue weighted by molar-refractivity contribution is 0.0465. The summed E-state index contributed by atoms with van der Waals surface area (Å²) in [6.07, 6.45) is 0. The Hall–Kier alpha value is -1.98. The summed E-state index contributed by atoms with van der Waals surface area (Å²) in [6.45, 7) is 5.27. The molecule has 0 aliphatic heterocycles. The van der Waals surface area contributed by atoms with E-state index in [0.717, 1.165) is 0 Å². The Bertz CT molecular complexity index is 763. The largest absolute Gasteiger partial charge is 0.462 e. The van der Waals surface area contributed by atoms with Gasteiger partial charge < -0.3 is 14.5 Å². The lowest BCUT2D eigenvalue weighted by Crippen LogP contribution is -2.09. The molecule has 0 atom stereocenters. The van der Waals surface area contributed by atoms with Gasteiger partial charge in [0.2, 0.25) is 0 Å². The van der Waals surface area contributed by atoms with E-state index in [-0.39, 0.29) is 18.9 Å². The van der Waals surface area contributed by atoms with Crippen molar-refractivity contribution in [2.75, 3.05) is 6.61 Å². The Morgan fingerprint density at radius 1 is 1.08 bits per heavy atom. The Labute approximate surface area is 149 Å². The van der Waals surface area contributed by atoms with Gasteiger partial charge in [0.15, 0.2) is 0 Å². The molecule has 1 heterocycles. The predicted octanol–water partition coefficient (Wildman–Crippen LogP) is 4.47. The highest BCUT2D eigenvalue weighted by Crippen LogP contribution is 2.26. The molecule has 1 N–H and O–H groups in total. The highest BCUT2D eigenvalue weighted by atomic mass is 35.5. The van der Waals surface area contributed by atoms with Gasteiger partial charge in [-0.05, 0) is 38.5 Å². The second kappa shape index (κ2) is 7.73. The fraction of sp³-hybridized carbons (Fsp3) is 0.294. The van der Waals surface area contributed by atoms with Crippen LogP contribution in [0.3, 0.4) is 0 Å². The molecule has 2 aromatic rings. The lowest BCUT2D eigenvalue weighted by atomic mass is 10.1. The van der Waals surface area contributed by atoms with Gasteiger partial charge >= 0.3 is 11.9 Å². The van der Waals surface area contributed by atoms with Crippen LogP contribution in [0.15, 0.2) is 18.2 Å². The monoisotopic (exact) mass is 369 g/mol. The van der Waals surface area contributed by atoms with Crippen molar-refractivity contribution in [3.8, 4) is 0 Å². The van der Waals surface area contributed by atoms with Crippen molar-refractivity contribution in [3.63, 3.8) is 0 Å². The van der Waals surface area contributed by atoms with Crippen molar-refractivity contribution in [2.45, 2.75) is 27.4 Å². The molecule has 0 saturated heterocycles. The maximum atomic E-state index is 12.3. The molecule has 24 heavy (non-hydrogen) atoms. The van der Waals surface area contributed by atoms with Gasteiger partial charge in [0.25, 0.3) is 0 Å². The zero-order valence-corrected chi connectivity index (χ0v) is 15.0. The number of aromatic nitrogens is 1. The number of H-pyrrole nitrogens is 1. The molecule has 0 aliphatic rings. The van der Waals surface area contributed by atoms with Crippen LogP contribution in [0.2, 0.25) is 10.0 Å². The Kier molecular flexibility index (Phi) is 5.91. The summed E-state index contributed by atoms with van der Waals surface area (Å²) < 4.78 is 10.3. The fourth-order valence-corrected chi connectivity index (χ4v) is 2.85. The third kappa shape index (κ3) is 3.74. The first-order valence-electron chi connectivity index (χ1n) is 7.33. The minimum absolute atomic E-state index is 0.0659. The van der Waals surface area contributed by atoms with Crippen molar-refractivity contribution in [1.82, 2.24) is 4.98 Å². The van der Waals surface area contributed by atoms with E-state index in [1.807, 2.05) is 0 Å². The molecule has 0 aliphatic carbocycles. The summed E-state index contributed by atoms with van der Waals surface area (Å²) in [5, 5.41) is 0.837. The third-order valence-electron chi connectivity index (χ3n) is 3.53. The number of aryl methyl sites for hydroxylation is 1. The van der Waals surface area contributed by atoms with E-state index >= 15 is 0 Å². The molecule has 0 unspecified atom stereocenters. The highest BCUT2D eigenvalue weighted by molar-refractivity contribution is 6.35. The summed E-state index contributed by atoms with van der Waals surface area (Å²) in [5.41, 5.74) is 2.12. The van der Waals surface area contributed by atoms with Crippen LogP contribution < -0.4 is 0 Å². The van der Waals surface area contributed by atoms with E-state index in [4.69, 9.17) is 32.7 Å². The van der Waals surface area contributed by atoms with Crippen molar-refractivity contribution in [1.29, 1.82) is 0 Å². The smallest absolute Gasteiger partial charge is 0.355 e. The maximum Gasteiger partial charge on any atom is 0.355 e. The molecule has 0 bridgehead atoms. The first-order chi connectivity index (χ1) is 11.4. The topological polar surface area (TPSA) is 68.4 Å². The average Bonchev–Trinajstić information content (AvgIpc) is 2.81. The third-order valence-corrected chi connectivity index (χ3v) is 4.24. The Morgan fingerprint density at radius 3 is 2.29 bits per heavy atom. The number of esters is 2. The van der Waals surface area contributed by atoms with E-state index in [2.05, 4.69) is 4.98 Å². The van der Waals surface area contributed by atoms with Gasteiger partial charge in [0, 0.05) is 21.3 Å². The van der Waals surface area contributed by atoms with Gasteiger partial charge in [-0.25, -0.2) is 9.59 Å². The number of hydrogen-bond acceptors (Lipinski definition) is 4. The number of rotatable bonds is 5. The van der Waals surface area contributed by atoms with Gasteiger partial charge in [0.1, 0.15) is 12.3 Å². The molecule has 0 radical (unpaired) electrons. The fourth-order valence-electron chi connectivity index (χ4n) is 2.34. The normalized spacial score (nSPS) is 10.5. The second-order valence-corrected chi connectivity index (χ2v) is 5.94. The summed E-state index contributed by atoms with van der Waals surface area (Å²) in [5.74, 6) is -1.07. The number of carbonyl (C=O) groups is 2. The van der Waals surface area contributed by atoms with E-state index in [9.17, 15) is 9.59 Å². The molecule has 7 heteroatoms. The minimum Gasteiger partial charge on any atom is -0.462 e. The molecule has 5 nitrogen and oxygen atoms in total. The van der Waals surface area contributed by atoms with Crippen LogP contribution in [0.25, 0.3) is 0 Å². The number of aromatic amines is 1. The maximum absolute atomic E-state index is 12.3. The van der Waals surface area contributed by atoms with Crippen LogP contribution >= 0.6 is 23.2 Å². The van der Waals surface area contributed by atoms with E-state index in [1.54, 1.807) is 39.0 Å². The second-order valence-electron chi connectivity index (χ2n) is 5.12. The van der Waals surface area contributed by atoms with Crippen LogP contribution in [-0.2, 0) is 16.1 Å². The molecule has 0 spiro atoms. The molecule has 0 fully saturated rings. The van der Waals surface area contributed by atoms with Crippen LogP contribution in [0.5, 0.6) is 0 Å². The van der Waals surface area contributed by atoms with Crippen LogP contribution in [0.4, 0.5) is 0 Å². The first kappa shape index (κ1) is 18.4. The van der Waals surface area contributed by atoms with Gasteiger partial charge in [-0.2, -0.15) is 0 Å². The molecule has 1 aromatic carbocycles. The number of benzene rings is 1. The lowest BCUT2D eigenvalue weighted by Gasteiger charge is -2.08. The number of halogens is 2. The van der Waals surface area contributed by atoms with E-state index < -0.39 is 11.9 Å². The molecule has 128 valence electrons. The van der Waals surface area contributed by atoms with Gasteiger partial charge in [-0.1, -0.05) is 29.3 Å². The number of nitrogens with one attached hydrogen (secondary N) is 1. The predicted molar refractivity (Wildman–Crippen MR) is 91.8 cm³/mol. The zero-order valence-electron chi connectivity index (χ0n) is 13.5. The molecular weight excluding hydrogens is 353 g/mol. The zero-order chi connectivity index (χ0) is 17.9. The van der Waals surface area contributed by atoms with Crippen LogP contribution in [0, 0.1) is 13.8 Å². The van der Waals surface area contributed by atoms with Crippen LogP contribution in [0.1, 0.15) is 44.6 Å². The summed E-state index contributed by atoms with van der Waals surface area (Å²) >= 11 is 12.1. The van der Waals surface area contributed by atoms with Gasteiger partial charge in [0.05, 0.1) is 12.2 Å². The molecular formula is C17H17Cl2NO4. The quantitative estimate of drug-likeness (QED) is 0.789. The number of carbonyl (C=O) groups excluding carboxylic acids is 2. The molecule has 0 amide bonds. The average molecular weight is 370 g/mol. The van der Waals surface area contributed by atoms with Crippen molar-refractivity contribution < 1.29 is 19.1 Å². The van der Waals surface area contributed by atoms with Gasteiger partial charge in [-0.15, -0.1) is 0 Å². The number of ether oxygens (including phenoxy) is 2. The van der Waals surface area contributed by atoms with Gasteiger partial charge in [-0.3, -0.25) is 0 Å². The Morgan fingerprint density at radius 2 is 1.71 bits per heavy atom. The standard InChI is InChI=1S/C17H17Cl2NO4/c1-4-23-16(21)14-9(2)15(20-10(14)3)17(22)24-8-11-12(18)6-5-7-13(11)19/h5-7,20H,4,8H2,1-3H3. The van der Waals surface area contributed by atoms with E-state index in [1.165, 1.54) is 0 Å². The SMILES string of the molecule is CCOC(=O)c1c(C)[nH]c(C(=O)OCc2c(Cl)cccc2Cl)c1C. The highest BCUT2D eigenvalue weighted by Gasteiger charge is 2.24. The minimum atomic E-state index is -0.595.